The lowest BCUT2D eigenvalue weighted by Gasteiger charge is -2.14. The zero-order valence-corrected chi connectivity index (χ0v) is 14.5. The van der Waals surface area contributed by atoms with Crippen molar-refractivity contribution in [3.63, 3.8) is 0 Å². The molecule has 0 radical (unpaired) electrons. The van der Waals surface area contributed by atoms with Crippen LogP contribution in [0.5, 0.6) is 23.0 Å². The van der Waals surface area contributed by atoms with Crippen LogP contribution in [0.1, 0.15) is 22.0 Å². The fraction of sp³-hybridized carbons (Fsp3) is 0.316. The normalized spacial score (nSPS) is 16.7. The third kappa shape index (κ3) is 3.89. The molecule has 1 saturated heterocycles. The Morgan fingerprint density at radius 2 is 1.85 bits per heavy atom. The first kappa shape index (κ1) is 18.0. The summed E-state index contributed by atoms with van der Waals surface area (Å²) in [7, 11) is 2.96. The van der Waals surface area contributed by atoms with E-state index < -0.39 is 11.9 Å². The first-order valence-corrected chi connectivity index (χ1v) is 8.05. The first-order valence-electron chi connectivity index (χ1n) is 8.05. The minimum Gasteiger partial charge on any atom is -0.504 e. The van der Waals surface area contributed by atoms with Gasteiger partial charge >= 0.3 is 0 Å². The molecule has 7 heteroatoms. The van der Waals surface area contributed by atoms with Crippen LogP contribution < -0.4 is 14.2 Å². The molecule has 2 unspecified atom stereocenters. The number of benzene rings is 2. The Hall–Kier alpha value is -2.77. The Balaban J connectivity index is 1.76. The molecular weight excluding hydrogens is 340 g/mol. The maximum Gasteiger partial charge on any atom is 0.195 e. The van der Waals surface area contributed by atoms with Crippen molar-refractivity contribution in [1.82, 2.24) is 0 Å². The molecule has 0 spiro atoms. The predicted molar refractivity (Wildman–Crippen MR) is 92.2 cm³/mol. The van der Waals surface area contributed by atoms with Crippen molar-refractivity contribution in [3.05, 3.63) is 47.5 Å². The van der Waals surface area contributed by atoms with Crippen molar-refractivity contribution >= 4 is 5.78 Å². The molecule has 7 nitrogen and oxygen atoms in total. The van der Waals surface area contributed by atoms with E-state index in [9.17, 15) is 15.0 Å². The number of phenolic OH excluding ortho intramolecular Hbond substituents is 1. The summed E-state index contributed by atoms with van der Waals surface area (Å²) in [6.07, 6.45) is -1.37. The number of carbonyl (C=O) groups is 1. The molecule has 0 aromatic heterocycles. The maximum atomic E-state index is 12.6. The fourth-order valence-electron chi connectivity index (χ4n) is 2.47. The number of hydrogen-bond acceptors (Lipinski definition) is 7. The highest BCUT2D eigenvalue weighted by Gasteiger charge is 2.25. The van der Waals surface area contributed by atoms with Gasteiger partial charge in [-0.3, -0.25) is 4.79 Å². The van der Waals surface area contributed by atoms with Gasteiger partial charge in [0, 0.05) is 5.56 Å². The number of aromatic hydroxyl groups is 1. The molecule has 1 aliphatic heterocycles. The Morgan fingerprint density at radius 3 is 2.46 bits per heavy atom. The molecule has 1 heterocycles. The molecule has 138 valence electrons. The molecule has 2 N–H and O–H groups in total. The number of phenols is 1. The van der Waals surface area contributed by atoms with E-state index in [1.807, 2.05) is 0 Å². The summed E-state index contributed by atoms with van der Waals surface area (Å²) in [6.45, 7) is 0.997. The van der Waals surface area contributed by atoms with Crippen LogP contribution in [0.2, 0.25) is 0 Å². The van der Waals surface area contributed by atoms with E-state index in [1.54, 1.807) is 12.1 Å². The topological polar surface area (TPSA) is 97.8 Å². The average Bonchev–Trinajstić information content (AvgIpc) is 3.49. The number of ketones is 1. The third-order valence-corrected chi connectivity index (χ3v) is 4.04. The van der Waals surface area contributed by atoms with Crippen LogP contribution in [0.15, 0.2) is 36.4 Å². The Morgan fingerprint density at radius 1 is 1.15 bits per heavy atom. The van der Waals surface area contributed by atoms with Gasteiger partial charge in [-0.1, -0.05) is 6.07 Å². The van der Waals surface area contributed by atoms with Gasteiger partial charge in [0.2, 0.25) is 0 Å². The Bertz CT molecular complexity index is 798. The molecule has 0 amide bonds. The second-order valence-electron chi connectivity index (χ2n) is 5.83. The standard InChI is InChI=1S/C19H20O7/c1-23-16-6-4-12(8-17(16)24-2)19(22)18(21)11-3-5-15(14(20)7-11)26-10-13-9-25-13/h3-8,13,18,20-21H,9-10H2,1-2H3. The maximum absolute atomic E-state index is 12.6. The molecular formula is C19H20O7. The van der Waals surface area contributed by atoms with Crippen LogP contribution in [0, 0.1) is 0 Å². The van der Waals surface area contributed by atoms with Crippen molar-refractivity contribution in [2.24, 2.45) is 0 Å². The van der Waals surface area contributed by atoms with Crippen molar-refractivity contribution in [2.75, 3.05) is 27.4 Å². The van der Waals surface area contributed by atoms with E-state index in [2.05, 4.69) is 0 Å². The SMILES string of the molecule is COc1ccc(C(=O)C(O)c2ccc(OCC3CO3)c(O)c2)cc1OC. The number of ether oxygens (including phenoxy) is 4. The number of aliphatic hydroxyl groups is 1. The van der Waals surface area contributed by atoms with Gasteiger partial charge in [-0.15, -0.1) is 0 Å². The largest absolute Gasteiger partial charge is 0.504 e. The van der Waals surface area contributed by atoms with E-state index in [4.69, 9.17) is 18.9 Å². The zero-order chi connectivity index (χ0) is 18.7. The molecule has 1 aliphatic rings. The molecule has 1 fully saturated rings. The van der Waals surface area contributed by atoms with Gasteiger partial charge in [0.1, 0.15) is 18.8 Å². The van der Waals surface area contributed by atoms with Crippen LogP contribution in [-0.2, 0) is 4.74 Å². The Labute approximate surface area is 150 Å². The summed E-state index contributed by atoms with van der Waals surface area (Å²) in [6, 6.07) is 8.99. The van der Waals surface area contributed by atoms with Gasteiger partial charge in [-0.2, -0.15) is 0 Å². The van der Waals surface area contributed by atoms with Crippen LogP contribution in [0.25, 0.3) is 0 Å². The van der Waals surface area contributed by atoms with Crippen LogP contribution >= 0.6 is 0 Å². The number of aliphatic hydroxyl groups excluding tert-OH is 1. The molecule has 26 heavy (non-hydrogen) atoms. The lowest BCUT2D eigenvalue weighted by molar-refractivity contribution is 0.0746. The van der Waals surface area contributed by atoms with Crippen molar-refractivity contribution in [3.8, 4) is 23.0 Å². The van der Waals surface area contributed by atoms with Gasteiger partial charge in [0.25, 0.3) is 0 Å². The van der Waals surface area contributed by atoms with E-state index in [1.165, 1.54) is 38.5 Å². The monoisotopic (exact) mass is 360 g/mol. The van der Waals surface area contributed by atoms with E-state index in [0.29, 0.717) is 24.7 Å². The minimum absolute atomic E-state index is 0.0614. The summed E-state index contributed by atoms with van der Waals surface area (Å²) in [5.41, 5.74) is 0.526. The third-order valence-electron chi connectivity index (χ3n) is 4.04. The molecule has 2 aromatic carbocycles. The number of epoxide rings is 1. The number of rotatable bonds is 8. The summed E-state index contributed by atoms with van der Waals surface area (Å²) < 4.78 is 20.8. The zero-order valence-electron chi connectivity index (χ0n) is 14.5. The van der Waals surface area contributed by atoms with Crippen molar-refractivity contribution < 1.29 is 34.0 Å². The second kappa shape index (κ2) is 7.63. The van der Waals surface area contributed by atoms with Gasteiger partial charge < -0.3 is 29.2 Å². The van der Waals surface area contributed by atoms with E-state index in [0.717, 1.165) is 0 Å². The quantitative estimate of drug-likeness (QED) is 0.549. The minimum atomic E-state index is -1.43. The number of hydrogen-bond donors (Lipinski definition) is 2. The van der Waals surface area contributed by atoms with Gasteiger partial charge in [-0.25, -0.2) is 0 Å². The average molecular weight is 360 g/mol. The summed E-state index contributed by atoms with van der Waals surface area (Å²) >= 11 is 0. The molecule has 3 rings (SSSR count). The highest BCUT2D eigenvalue weighted by molar-refractivity contribution is 6.00. The van der Waals surface area contributed by atoms with Crippen LogP contribution in [-0.4, -0.2) is 49.5 Å². The molecule has 2 aromatic rings. The Kier molecular flexibility index (Phi) is 5.29. The summed E-state index contributed by atoms with van der Waals surface area (Å²) in [5.74, 6) is 0.472. The van der Waals surface area contributed by atoms with Gasteiger partial charge in [-0.05, 0) is 35.9 Å². The summed E-state index contributed by atoms with van der Waals surface area (Å²) in [4.78, 5) is 12.6. The molecule has 0 saturated carbocycles. The molecule has 0 aliphatic carbocycles. The predicted octanol–water partition coefficient (Wildman–Crippen LogP) is 2.10. The number of Topliss-reactive ketones (excluding diaryl/α,β-unsaturated/α-hetero) is 1. The van der Waals surface area contributed by atoms with Crippen molar-refractivity contribution in [1.29, 1.82) is 0 Å². The highest BCUT2D eigenvalue weighted by atomic mass is 16.6. The van der Waals surface area contributed by atoms with Gasteiger partial charge in [0.05, 0.1) is 20.8 Å². The second-order valence-corrected chi connectivity index (χ2v) is 5.83. The lowest BCUT2D eigenvalue weighted by atomic mass is 9.99. The number of methoxy groups -OCH3 is 2. The van der Waals surface area contributed by atoms with Crippen LogP contribution in [0.4, 0.5) is 0 Å². The van der Waals surface area contributed by atoms with E-state index >= 15 is 0 Å². The molecule has 2 atom stereocenters. The van der Waals surface area contributed by atoms with Gasteiger partial charge in [0.15, 0.2) is 28.8 Å². The van der Waals surface area contributed by atoms with Crippen LogP contribution in [0.3, 0.4) is 0 Å². The smallest absolute Gasteiger partial charge is 0.195 e. The fourth-order valence-corrected chi connectivity index (χ4v) is 2.47. The van der Waals surface area contributed by atoms with Crippen molar-refractivity contribution in [2.45, 2.75) is 12.2 Å². The highest BCUT2D eigenvalue weighted by Crippen LogP contribution is 2.33. The first-order chi connectivity index (χ1) is 12.5. The van der Waals surface area contributed by atoms with E-state index in [-0.39, 0.29) is 28.7 Å². The summed E-state index contributed by atoms with van der Waals surface area (Å²) in [5, 5.41) is 20.4. The molecule has 0 bridgehead atoms. The lowest BCUT2D eigenvalue weighted by Crippen LogP contribution is -2.13. The number of carbonyl (C=O) groups excluding carboxylic acids is 1.